The van der Waals surface area contributed by atoms with Gasteiger partial charge in [0.15, 0.2) is 0 Å². The third-order valence-corrected chi connectivity index (χ3v) is 5.70. The standard InChI is InChI=1S/C24H29N5O3/c1-2-27(22-6-5-12-25-24(22)31)16-17-32-20-9-7-19(8-10-20)21-11-15-29(26-21)18-23(30)28-13-3-4-14-28/h5-12,15H,2-4,13-14,16-18H2,1H3,(H,25,31). The highest BCUT2D eigenvalue weighted by atomic mass is 16.5. The van der Waals surface area contributed by atoms with Gasteiger partial charge in [0.1, 0.15) is 24.6 Å². The number of carbonyl (C=O) groups is 1. The number of aromatic nitrogens is 3. The number of carbonyl (C=O) groups excluding carboxylic acids is 1. The number of rotatable bonds is 9. The molecule has 1 amide bonds. The highest BCUT2D eigenvalue weighted by Crippen LogP contribution is 2.21. The summed E-state index contributed by atoms with van der Waals surface area (Å²) in [6, 6.07) is 13.3. The predicted octanol–water partition coefficient (Wildman–Crippen LogP) is 2.77. The Hall–Kier alpha value is -3.55. The summed E-state index contributed by atoms with van der Waals surface area (Å²) in [5.41, 5.74) is 2.34. The van der Waals surface area contributed by atoms with Crippen LogP contribution in [0.5, 0.6) is 5.75 Å². The predicted molar refractivity (Wildman–Crippen MR) is 124 cm³/mol. The fraction of sp³-hybridized carbons (Fsp3) is 0.375. The van der Waals surface area contributed by atoms with Gasteiger partial charge in [-0.2, -0.15) is 5.10 Å². The monoisotopic (exact) mass is 435 g/mol. The van der Waals surface area contributed by atoms with E-state index in [0.717, 1.165) is 49.5 Å². The lowest BCUT2D eigenvalue weighted by atomic mass is 10.1. The topological polar surface area (TPSA) is 83.5 Å². The van der Waals surface area contributed by atoms with Crippen molar-refractivity contribution in [3.05, 3.63) is 65.2 Å². The van der Waals surface area contributed by atoms with Crippen molar-refractivity contribution >= 4 is 11.6 Å². The number of hydrogen-bond donors (Lipinski definition) is 1. The minimum atomic E-state index is -0.0970. The number of ether oxygens (including phenoxy) is 1. The molecular formula is C24H29N5O3. The molecule has 4 rings (SSSR count). The van der Waals surface area contributed by atoms with Crippen LogP contribution in [0.25, 0.3) is 11.3 Å². The van der Waals surface area contributed by atoms with Crippen LogP contribution in [-0.4, -0.2) is 58.4 Å². The van der Waals surface area contributed by atoms with Crippen molar-refractivity contribution in [3.8, 4) is 17.0 Å². The Morgan fingerprint density at radius 1 is 1.16 bits per heavy atom. The Morgan fingerprint density at radius 3 is 2.66 bits per heavy atom. The summed E-state index contributed by atoms with van der Waals surface area (Å²) in [6.07, 6.45) is 5.65. The van der Waals surface area contributed by atoms with E-state index in [1.165, 1.54) is 0 Å². The van der Waals surface area contributed by atoms with Crippen molar-refractivity contribution in [2.45, 2.75) is 26.3 Å². The molecule has 1 N–H and O–H groups in total. The fourth-order valence-corrected chi connectivity index (χ4v) is 3.92. The zero-order valence-electron chi connectivity index (χ0n) is 18.4. The first kappa shape index (κ1) is 21.7. The second-order valence-corrected chi connectivity index (χ2v) is 7.82. The first-order chi connectivity index (χ1) is 15.6. The van der Waals surface area contributed by atoms with Gasteiger partial charge in [-0.05, 0) is 62.2 Å². The quantitative estimate of drug-likeness (QED) is 0.559. The summed E-state index contributed by atoms with van der Waals surface area (Å²) in [5.74, 6) is 0.884. The van der Waals surface area contributed by atoms with E-state index in [1.54, 1.807) is 10.9 Å². The molecule has 1 fully saturated rings. The summed E-state index contributed by atoms with van der Waals surface area (Å²) < 4.78 is 7.58. The Labute approximate surface area is 187 Å². The fourth-order valence-electron chi connectivity index (χ4n) is 3.92. The van der Waals surface area contributed by atoms with Crippen LogP contribution in [-0.2, 0) is 11.3 Å². The number of amides is 1. The first-order valence-corrected chi connectivity index (χ1v) is 11.1. The summed E-state index contributed by atoms with van der Waals surface area (Å²) in [5, 5.41) is 4.55. The molecule has 8 heteroatoms. The summed E-state index contributed by atoms with van der Waals surface area (Å²) >= 11 is 0. The van der Waals surface area contributed by atoms with Gasteiger partial charge in [-0.3, -0.25) is 14.3 Å². The Bertz CT molecular complexity index is 1080. The van der Waals surface area contributed by atoms with Crippen molar-refractivity contribution in [1.29, 1.82) is 0 Å². The molecule has 1 aliphatic rings. The number of aromatic amines is 1. The van der Waals surface area contributed by atoms with E-state index in [0.29, 0.717) is 18.8 Å². The summed E-state index contributed by atoms with van der Waals surface area (Å²) in [7, 11) is 0. The molecule has 0 radical (unpaired) electrons. The van der Waals surface area contributed by atoms with Gasteiger partial charge in [0, 0.05) is 37.6 Å². The van der Waals surface area contributed by atoms with Crippen molar-refractivity contribution in [2.24, 2.45) is 0 Å². The average molecular weight is 436 g/mol. The molecule has 2 aromatic heterocycles. The second-order valence-electron chi connectivity index (χ2n) is 7.82. The Balaban J connectivity index is 1.30. The van der Waals surface area contributed by atoms with Gasteiger partial charge in [0.2, 0.25) is 5.91 Å². The average Bonchev–Trinajstić information content (AvgIpc) is 3.51. The SMILES string of the molecule is CCN(CCOc1ccc(-c2ccn(CC(=O)N3CCCC3)n2)cc1)c1ccc[nH]c1=O. The van der Waals surface area contributed by atoms with Gasteiger partial charge < -0.3 is 19.5 Å². The Kier molecular flexibility index (Phi) is 6.89. The minimum Gasteiger partial charge on any atom is -0.492 e. The zero-order chi connectivity index (χ0) is 22.3. The normalized spacial score (nSPS) is 13.3. The third-order valence-electron chi connectivity index (χ3n) is 5.70. The molecule has 0 spiro atoms. The number of nitrogens with one attached hydrogen (secondary N) is 1. The molecule has 0 bridgehead atoms. The van der Waals surface area contributed by atoms with Crippen LogP contribution in [0.15, 0.2) is 59.7 Å². The van der Waals surface area contributed by atoms with Gasteiger partial charge in [-0.15, -0.1) is 0 Å². The molecule has 0 saturated carbocycles. The number of nitrogens with zero attached hydrogens (tertiary/aromatic N) is 4. The van der Waals surface area contributed by atoms with Crippen molar-refractivity contribution in [3.63, 3.8) is 0 Å². The maximum atomic E-state index is 12.3. The smallest absolute Gasteiger partial charge is 0.271 e. The number of hydrogen-bond acceptors (Lipinski definition) is 5. The lowest BCUT2D eigenvalue weighted by molar-refractivity contribution is -0.130. The summed E-state index contributed by atoms with van der Waals surface area (Å²) in [6.45, 7) is 5.80. The highest BCUT2D eigenvalue weighted by Gasteiger charge is 2.18. The molecule has 0 aliphatic carbocycles. The molecule has 3 aromatic rings. The molecule has 3 heterocycles. The molecule has 1 saturated heterocycles. The lowest BCUT2D eigenvalue weighted by Gasteiger charge is -2.22. The van der Waals surface area contributed by atoms with E-state index in [1.807, 2.05) is 65.4 Å². The van der Waals surface area contributed by atoms with Crippen molar-refractivity contribution in [2.75, 3.05) is 37.7 Å². The van der Waals surface area contributed by atoms with Crippen molar-refractivity contribution in [1.82, 2.24) is 19.7 Å². The number of pyridine rings is 1. The molecule has 32 heavy (non-hydrogen) atoms. The van der Waals surface area contributed by atoms with E-state index in [2.05, 4.69) is 10.1 Å². The third kappa shape index (κ3) is 5.19. The zero-order valence-corrected chi connectivity index (χ0v) is 18.4. The molecule has 0 atom stereocenters. The maximum Gasteiger partial charge on any atom is 0.271 e. The number of anilines is 1. The second kappa shape index (κ2) is 10.2. The lowest BCUT2D eigenvalue weighted by Crippen LogP contribution is -2.32. The van der Waals surface area contributed by atoms with Crippen LogP contribution in [0.1, 0.15) is 19.8 Å². The van der Waals surface area contributed by atoms with Crippen LogP contribution in [0.3, 0.4) is 0 Å². The van der Waals surface area contributed by atoms with E-state index < -0.39 is 0 Å². The van der Waals surface area contributed by atoms with Crippen LogP contribution < -0.4 is 15.2 Å². The number of benzene rings is 1. The van der Waals surface area contributed by atoms with Crippen LogP contribution in [0.4, 0.5) is 5.69 Å². The maximum absolute atomic E-state index is 12.3. The van der Waals surface area contributed by atoms with Gasteiger partial charge in [-0.25, -0.2) is 0 Å². The highest BCUT2D eigenvalue weighted by molar-refractivity contribution is 5.76. The largest absolute Gasteiger partial charge is 0.492 e. The van der Waals surface area contributed by atoms with E-state index in [-0.39, 0.29) is 18.0 Å². The molecule has 168 valence electrons. The molecule has 0 unspecified atom stereocenters. The van der Waals surface area contributed by atoms with Crippen LogP contribution in [0, 0.1) is 0 Å². The van der Waals surface area contributed by atoms with E-state index in [9.17, 15) is 9.59 Å². The molecular weight excluding hydrogens is 406 g/mol. The van der Waals surface area contributed by atoms with Gasteiger partial charge in [0.05, 0.1) is 12.2 Å². The van der Waals surface area contributed by atoms with E-state index >= 15 is 0 Å². The molecule has 8 nitrogen and oxygen atoms in total. The van der Waals surface area contributed by atoms with E-state index in [4.69, 9.17) is 4.74 Å². The number of H-pyrrole nitrogens is 1. The van der Waals surface area contributed by atoms with Crippen LogP contribution in [0.2, 0.25) is 0 Å². The minimum absolute atomic E-state index is 0.0970. The molecule has 1 aromatic carbocycles. The number of likely N-dealkylation sites (N-methyl/N-ethyl adjacent to an activating group) is 1. The summed E-state index contributed by atoms with van der Waals surface area (Å²) in [4.78, 5) is 30.9. The first-order valence-electron chi connectivity index (χ1n) is 11.1. The van der Waals surface area contributed by atoms with Gasteiger partial charge in [0.25, 0.3) is 5.56 Å². The van der Waals surface area contributed by atoms with Gasteiger partial charge in [-0.1, -0.05) is 0 Å². The van der Waals surface area contributed by atoms with Crippen LogP contribution >= 0.6 is 0 Å². The van der Waals surface area contributed by atoms with Gasteiger partial charge >= 0.3 is 0 Å². The molecule has 1 aliphatic heterocycles. The number of likely N-dealkylation sites (tertiary alicyclic amines) is 1. The van der Waals surface area contributed by atoms with Crippen molar-refractivity contribution < 1.29 is 9.53 Å². The Morgan fingerprint density at radius 2 is 1.94 bits per heavy atom.